The van der Waals surface area contributed by atoms with Crippen LogP contribution >= 0.6 is 0 Å². The summed E-state index contributed by atoms with van der Waals surface area (Å²) in [5.41, 5.74) is 6.47. The number of hydrogen-bond donors (Lipinski definition) is 4. The predicted octanol–water partition coefficient (Wildman–Crippen LogP) is 3.62. The maximum Gasteiger partial charge on any atom is 0.290 e. The number of phenols is 1. The van der Waals surface area contributed by atoms with Crippen LogP contribution in [-0.2, 0) is 22.0 Å². The number of H-pyrrole nitrogens is 1. The van der Waals surface area contributed by atoms with E-state index >= 15 is 0 Å². The van der Waals surface area contributed by atoms with Crippen molar-refractivity contribution in [2.45, 2.75) is 65.2 Å². The highest BCUT2D eigenvalue weighted by Gasteiger charge is 2.26. The summed E-state index contributed by atoms with van der Waals surface area (Å²) in [5, 5.41) is 17.7. The van der Waals surface area contributed by atoms with Crippen molar-refractivity contribution in [2.24, 2.45) is 0 Å². The minimum atomic E-state index is -0.629. The zero-order valence-electron chi connectivity index (χ0n) is 20.5. The lowest BCUT2D eigenvalue weighted by Crippen LogP contribution is -2.42. The third-order valence-electron chi connectivity index (χ3n) is 5.65. The minimum absolute atomic E-state index is 0.0127. The van der Waals surface area contributed by atoms with Crippen molar-refractivity contribution >= 4 is 22.6 Å². The van der Waals surface area contributed by atoms with Gasteiger partial charge in [0.25, 0.3) is 11.5 Å². The smallest absolute Gasteiger partial charge is 0.290 e. The van der Waals surface area contributed by atoms with Gasteiger partial charge in [-0.1, -0.05) is 71.9 Å². The zero-order valence-corrected chi connectivity index (χ0v) is 20.5. The van der Waals surface area contributed by atoms with Crippen LogP contribution in [0.1, 0.15) is 75.1 Å². The fourth-order valence-corrected chi connectivity index (χ4v) is 3.78. The van der Waals surface area contributed by atoms with Crippen LogP contribution in [0, 0.1) is 0 Å². The Morgan fingerprint density at radius 2 is 1.50 bits per heavy atom. The number of phenolic OH excluding ortho intramolecular Hbond substituents is 1. The molecule has 0 atom stereocenters. The Kier molecular flexibility index (Phi) is 6.82. The van der Waals surface area contributed by atoms with Crippen molar-refractivity contribution in [1.29, 1.82) is 0 Å². The van der Waals surface area contributed by atoms with E-state index in [4.69, 9.17) is 0 Å². The van der Waals surface area contributed by atoms with E-state index in [1.807, 2.05) is 53.7 Å². The zero-order chi connectivity index (χ0) is 25.3. The Bertz CT molecular complexity index is 1260. The van der Waals surface area contributed by atoms with Crippen LogP contribution in [0.3, 0.4) is 0 Å². The first-order valence-electron chi connectivity index (χ1n) is 11.2. The second-order valence-electron chi connectivity index (χ2n) is 10.5. The number of fused-ring (bicyclic) bond motifs is 1. The first kappa shape index (κ1) is 25.0. The molecule has 2 aromatic carbocycles. The predicted molar refractivity (Wildman–Crippen MR) is 132 cm³/mol. The van der Waals surface area contributed by atoms with Gasteiger partial charge in [0.2, 0.25) is 5.91 Å². The number of hydrazine groups is 1. The number of aromatic hydroxyl groups is 1. The van der Waals surface area contributed by atoms with Crippen LogP contribution in [0.5, 0.6) is 5.75 Å². The minimum Gasteiger partial charge on any atom is -0.507 e. The molecule has 0 aliphatic rings. The van der Waals surface area contributed by atoms with Crippen LogP contribution in [0.4, 0.5) is 0 Å². The summed E-state index contributed by atoms with van der Waals surface area (Å²) in [5.74, 6) is -0.707. The number of aryl methyl sites for hydroxylation is 1. The molecule has 0 fully saturated rings. The number of nitrogens with one attached hydrogen (secondary N) is 3. The van der Waals surface area contributed by atoms with Gasteiger partial charge in [-0.15, -0.1) is 0 Å². The Morgan fingerprint density at radius 3 is 2.06 bits per heavy atom. The molecular weight excluding hydrogens is 432 g/mol. The molecule has 0 saturated carbocycles. The molecule has 0 aliphatic heterocycles. The maximum atomic E-state index is 12.6. The molecule has 0 unspecified atom stereocenters. The van der Waals surface area contributed by atoms with Gasteiger partial charge in [-0.2, -0.15) is 5.10 Å². The highest BCUT2D eigenvalue weighted by molar-refractivity contribution is 6.05. The number of benzene rings is 2. The van der Waals surface area contributed by atoms with Crippen LogP contribution in [0.2, 0.25) is 0 Å². The average Bonchev–Trinajstić information content (AvgIpc) is 2.75. The molecule has 3 aromatic rings. The number of amides is 2. The molecule has 0 bridgehead atoms. The topological polar surface area (TPSA) is 124 Å². The van der Waals surface area contributed by atoms with E-state index in [-0.39, 0.29) is 28.9 Å². The number of aromatic amines is 1. The first-order chi connectivity index (χ1) is 15.8. The molecule has 8 heteroatoms. The summed E-state index contributed by atoms with van der Waals surface area (Å²) >= 11 is 0. The van der Waals surface area contributed by atoms with Crippen molar-refractivity contribution in [3.05, 3.63) is 69.1 Å². The molecule has 34 heavy (non-hydrogen) atoms. The molecule has 0 saturated heterocycles. The van der Waals surface area contributed by atoms with E-state index in [2.05, 4.69) is 21.0 Å². The second kappa shape index (κ2) is 9.29. The Hall–Kier alpha value is -3.68. The first-order valence-corrected chi connectivity index (χ1v) is 11.2. The number of aromatic nitrogens is 2. The highest BCUT2D eigenvalue weighted by Crippen LogP contribution is 2.39. The van der Waals surface area contributed by atoms with E-state index in [1.54, 1.807) is 24.3 Å². The van der Waals surface area contributed by atoms with Crippen LogP contribution in [0.25, 0.3) is 10.8 Å². The van der Waals surface area contributed by atoms with Crippen molar-refractivity contribution in [1.82, 2.24) is 21.0 Å². The summed E-state index contributed by atoms with van der Waals surface area (Å²) < 4.78 is 0. The lowest BCUT2D eigenvalue weighted by Gasteiger charge is -2.28. The molecule has 0 spiro atoms. The van der Waals surface area contributed by atoms with Crippen LogP contribution < -0.4 is 16.4 Å². The summed E-state index contributed by atoms with van der Waals surface area (Å²) in [6, 6.07) is 10.5. The molecular formula is C26H32N4O4. The lowest BCUT2D eigenvalue weighted by molar-refractivity contribution is -0.121. The fraction of sp³-hybridized carbons (Fsp3) is 0.385. The van der Waals surface area contributed by atoms with Gasteiger partial charge in [-0.3, -0.25) is 25.2 Å². The van der Waals surface area contributed by atoms with Gasteiger partial charge in [0.05, 0.1) is 5.39 Å². The van der Waals surface area contributed by atoms with Gasteiger partial charge < -0.3 is 5.11 Å². The quantitative estimate of drug-likeness (QED) is 0.439. The Morgan fingerprint density at radius 1 is 0.941 bits per heavy atom. The monoisotopic (exact) mass is 464 g/mol. The molecule has 0 radical (unpaired) electrons. The van der Waals surface area contributed by atoms with Gasteiger partial charge in [0, 0.05) is 11.8 Å². The maximum absolute atomic E-state index is 12.6. The largest absolute Gasteiger partial charge is 0.507 e. The molecule has 8 nitrogen and oxygen atoms in total. The van der Waals surface area contributed by atoms with E-state index in [0.717, 1.165) is 16.7 Å². The molecule has 1 heterocycles. The molecule has 1 aromatic heterocycles. The van der Waals surface area contributed by atoms with Gasteiger partial charge in [-0.05, 0) is 40.0 Å². The van der Waals surface area contributed by atoms with E-state index < -0.39 is 11.5 Å². The summed E-state index contributed by atoms with van der Waals surface area (Å²) in [6.07, 6.45) is 0.575. The van der Waals surface area contributed by atoms with Gasteiger partial charge >= 0.3 is 0 Å². The Labute approximate surface area is 198 Å². The average molecular weight is 465 g/mol. The van der Waals surface area contributed by atoms with Gasteiger partial charge in [0.15, 0.2) is 5.69 Å². The highest BCUT2D eigenvalue weighted by atomic mass is 16.3. The second-order valence-corrected chi connectivity index (χ2v) is 10.5. The standard InChI is InChI=1S/C26H32N4O4/c1-25(2,3)18-13-15(14-19(22(18)32)26(4,5)6)11-12-20(31)27-30-24(34)21-16-9-7-8-10-17(16)23(33)29-28-21/h7-10,13-14,32H,11-12H2,1-6H3,(H,27,31)(H,29,33)(H,30,34). The van der Waals surface area contributed by atoms with E-state index in [9.17, 15) is 19.5 Å². The van der Waals surface area contributed by atoms with Crippen molar-refractivity contribution in [3.8, 4) is 5.75 Å². The number of carbonyl (C=O) groups excluding carboxylic acids is 2. The molecule has 0 aliphatic carbocycles. The van der Waals surface area contributed by atoms with Crippen molar-refractivity contribution in [3.63, 3.8) is 0 Å². The number of hydrogen-bond acceptors (Lipinski definition) is 5. The number of nitrogens with zero attached hydrogens (tertiary/aromatic N) is 1. The number of rotatable bonds is 4. The lowest BCUT2D eigenvalue weighted by atomic mass is 9.78. The van der Waals surface area contributed by atoms with Crippen LogP contribution in [0.15, 0.2) is 41.2 Å². The normalized spacial score (nSPS) is 11.9. The summed E-state index contributed by atoms with van der Waals surface area (Å²) in [6.45, 7) is 12.2. The number of carbonyl (C=O) groups is 2. The van der Waals surface area contributed by atoms with Gasteiger partial charge in [0.1, 0.15) is 5.75 Å². The SMILES string of the molecule is CC(C)(C)c1cc(CCC(=O)NNC(=O)c2n[nH]c(=O)c3ccccc23)cc(C(C)(C)C)c1O. The van der Waals surface area contributed by atoms with Crippen molar-refractivity contribution in [2.75, 3.05) is 0 Å². The molecule has 3 rings (SSSR count). The van der Waals surface area contributed by atoms with Gasteiger partial charge in [-0.25, -0.2) is 5.10 Å². The van der Waals surface area contributed by atoms with E-state index in [1.165, 1.54) is 0 Å². The fourth-order valence-electron chi connectivity index (χ4n) is 3.78. The van der Waals surface area contributed by atoms with Crippen molar-refractivity contribution < 1.29 is 14.7 Å². The molecule has 4 N–H and O–H groups in total. The summed E-state index contributed by atoms with van der Waals surface area (Å²) in [7, 11) is 0. The third kappa shape index (κ3) is 5.44. The third-order valence-corrected chi connectivity index (χ3v) is 5.65. The molecule has 2 amide bonds. The van der Waals surface area contributed by atoms with E-state index in [0.29, 0.717) is 22.9 Å². The Balaban J connectivity index is 1.71. The molecule has 180 valence electrons. The summed E-state index contributed by atoms with van der Waals surface area (Å²) in [4.78, 5) is 36.9. The van der Waals surface area contributed by atoms with Crippen LogP contribution in [-0.4, -0.2) is 27.1 Å².